The van der Waals surface area contributed by atoms with Crippen LogP contribution in [-0.2, 0) is 11.2 Å². The van der Waals surface area contributed by atoms with Gasteiger partial charge in [-0.3, -0.25) is 0 Å². The van der Waals surface area contributed by atoms with Crippen LogP contribution >= 0.6 is 11.6 Å². The number of carboxylic acids is 1. The molecule has 0 saturated carbocycles. The number of phenols is 1. The quantitative estimate of drug-likeness (QED) is 0.689. The van der Waals surface area contributed by atoms with Crippen molar-refractivity contribution in [3.8, 4) is 5.75 Å². The largest absolute Gasteiger partial charge is 0.508 e. The Kier molecular flexibility index (Phi) is 4.58. The Balaban J connectivity index is 2.93. The van der Waals surface area contributed by atoms with Gasteiger partial charge in [0.25, 0.3) is 0 Å². The van der Waals surface area contributed by atoms with E-state index in [2.05, 4.69) is 0 Å². The first-order chi connectivity index (χ1) is 7.54. The molecule has 3 N–H and O–H groups in total. The molecule has 1 aromatic carbocycles. The Morgan fingerprint density at radius 3 is 2.62 bits per heavy atom. The summed E-state index contributed by atoms with van der Waals surface area (Å²) in [6.45, 7) is 0. The van der Waals surface area contributed by atoms with Crippen LogP contribution in [0.2, 0.25) is 0 Å². The number of rotatable bonds is 5. The van der Waals surface area contributed by atoms with Crippen LogP contribution in [0, 0.1) is 0 Å². The van der Waals surface area contributed by atoms with Crippen LogP contribution in [0.1, 0.15) is 23.7 Å². The van der Waals surface area contributed by atoms with Crippen LogP contribution < -0.4 is 0 Å². The van der Waals surface area contributed by atoms with E-state index in [1.807, 2.05) is 0 Å². The van der Waals surface area contributed by atoms with E-state index in [1.54, 1.807) is 6.07 Å². The lowest BCUT2D eigenvalue weighted by Crippen LogP contribution is -2.10. The lowest BCUT2D eigenvalue weighted by atomic mass is 10.0. The zero-order valence-electron chi connectivity index (χ0n) is 8.56. The van der Waals surface area contributed by atoms with Gasteiger partial charge in [-0.05, 0) is 36.1 Å². The minimum atomic E-state index is -1.61. The highest BCUT2D eigenvalue weighted by Crippen LogP contribution is 2.22. The van der Waals surface area contributed by atoms with Gasteiger partial charge >= 0.3 is 5.97 Å². The molecule has 0 bridgehead atoms. The number of aliphatic hydroxyl groups excluding tert-OH is 1. The van der Waals surface area contributed by atoms with Gasteiger partial charge in [0.2, 0.25) is 0 Å². The summed E-state index contributed by atoms with van der Waals surface area (Å²) in [4.78, 5) is 10.6. The van der Waals surface area contributed by atoms with Gasteiger partial charge in [0, 0.05) is 5.88 Å². The second kappa shape index (κ2) is 5.72. The van der Waals surface area contributed by atoms with Crippen molar-refractivity contribution >= 4 is 17.6 Å². The summed E-state index contributed by atoms with van der Waals surface area (Å²) >= 11 is 5.54. The number of aryl methyl sites for hydroxylation is 1. The van der Waals surface area contributed by atoms with Crippen molar-refractivity contribution in [2.75, 3.05) is 5.88 Å². The third kappa shape index (κ3) is 3.40. The molecule has 0 aliphatic carbocycles. The standard InChI is InChI=1S/C11H13ClO4/c12-3-1-2-7-4-8(6-9(13)5-7)10(14)11(15)16/h4-6,10,13-14H,1-3H2,(H,15,16). The molecule has 0 radical (unpaired) electrons. The predicted octanol–water partition coefficient (Wildman–Crippen LogP) is 1.68. The number of phenolic OH excluding ortho intramolecular Hbond substituents is 1. The molecule has 0 aliphatic rings. The lowest BCUT2D eigenvalue weighted by Gasteiger charge is -2.09. The van der Waals surface area contributed by atoms with Gasteiger partial charge in [-0.15, -0.1) is 11.6 Å². The molecule has 0 fully saturated rings. The molecule has 0 saturated heterocycles. The summed E-state index contributed by atoms with van der Waals surface area (Å²) in [5.74, 6) is -0.900. The smallest absolute Gasteiger partial charge is 0.337 e. The number of hydrogen-bond acceptors (Lipinski definition) is 3. The van der Waals surface area contributed by atoms with Gasteiger partial charge in [0.15, 0.2) is 6.10 Å². The fourth-order valence-electron chi connectivity index (χ4n) is 1.42. The van der Waals surface area contributed by atoms with E-state index in [1.165, 1.54) is 12.1 Å². The zero-order valence-corrected chi connectivity index (χ0v) is 9.31. The van der Waals surface area contributed by atoms with Crippen LogP contribution in [0.3, 0.4) is 0 Å². The summed E-state index contributed by atoms with van der Waals surface area (Å²) in [6, 6.07) is 4.33. The maximum absolute atomic E-state index is 10.6. The number of carbonyl (C=O) groups is 1. The third-order valence-corrected chi connectivity index (χ3v) is 2.42. The normalized spacial score (nSPS) is 12.4. The minimum Gasteiger partial charge on any atom is -0.508 e. The fraction of sp³-hybridized carbons (Fsp3) is 0.364. The molecule has 1 aromatic rings. The van der Waals surface area contributed by atoms with Gasteiger partial charge in [0.05, 0.1) is 0 Å². The molecule has 1 unspecified atom stereocenters. The van der Waals surface area contributed by atoms with Crippen LogP contribution in [0.15, 0.2) is 18.2 Å². The lowest BCUT2D eigenvalue weighted by molar-refractivity contribution is -0.146. The second-order valence-electron chi connectivity index (χ2n) is 3.47. The monoisotopic (exact) mass is 244 g/mol. The maximum atomic E-state index is 10.6. The van der Waals surface area contributed by atoms with Crippen molar-refractivity contribution in [2.45, 2.75) is 18.9 Å². The molecule has 0 heterocycles. The van der Waals surface area contributed by atoms with Crippen molar-refractivity contribution in [2.24, 2.45) is 0 Å². The molecular formula is C11H13ClO4. The molecule has 1 rings (SSSR count). The first-order valence-corrected chi connectivity index (χ1v) is 5.37. The van der Waals surface area contributed by atoms with Gasteiger partial charge in [0.1, 0.15) is 5.75 Å². The number of aliphatic hydroxyl groups is 1. The Hall–Kier alpha value is -1.26. The number of aliphatic carboxylic acids is 1. The Morgan fingerprint density at radius 1 is 1.38 bits per heavy atom. The van der Waals surface area contributed by atoms with E-state index in [4.69, 9.17) is 16.7 Å². The molecular weight excluding hydrogens is 232 g/mol. The summed E-state index contributed by atoms with van der Waals surface area (Å²) in [5.41, 5.74) is 0.938. The first-order valence-electron chi connectivity index (χ1n) is 4.84. The topological polar surface area (TPSA) is 77.8 Å². The van der Waals surface area contributed by atoms with Crippen LogP contribution in [0.25, 0.3) is 0 Å². The maximum Gasteiger partial charge on any atom is 0.337 e. The van der Waals surface area contributed by atoms with Gasteiger partial charge in [-0.1, -0.05) is 6.07 Å². The number of alkyl halides is 1. The van der Waals surface area contributed by atoms with E-state index < -0.39 is 12.1 Å². The highest BCUT2D eigenvalue weighted by Gasteiger charge is 2.17. The second-order valence-corrected chi connectivity index (χ2v) is 3.84. The van der Waals surface area contributed by atoms with Crippen LogP contribution in [-0.4, -0.2) is 27.2 Å². The summed E-state index contributed by atoms with van der Waals surface area (Å²) in [7, 11) is 0. The van der Waals surface area contributed by atoms with Gasteiger partial charge < -0.3 is 15.3 Å². The average Bonchev–Trinajstić information content (AvgIpc) is 2.24. The van der Waals surface area contributed by atoms with E-state index >= 15 is 0 Å². The number of benzene rings is 1. The highest BCUT2D eigenvalue weighted by atomic mass is 35.5. The summed E-state index contributed by atoms with van der Waals surface area (Å²) in [6.07, 6.45) is -0.243. The number of halogens is 1. The van der Waals surface area contributed by atoms with Gasteiger partial charge in [-0.25, -0.2) is 4.79 Å². The first kappa shape index (κ1) is 12.8. The van der Waals surface area contributed by atoms with E-state index in [9.17, 15) is 15.0 Å². The van der Waals surface area contributed by atoms with E-state index in [-0.39, 0.29) is 11.3 Å². The van der Waals surface area contributed by atoms with Crippen molar-refractivity contribution in [1.82, 2.24) is 0 Å². The molecule has 1 atom stereocenters. The van der Waals surface area contributed by atoms with E-state index in [0.29, 0.717) is 12.3 Å². The van der Waals surface area contributed by atoms with Crippen LogP contribution in [0.4, 0.5) is 0 Å². The van der Waals surface area contributed by atoms with Crippen LogP contribution in [0.5, 0.6) is 5.75 Å². The average molecular weight is 245 g/mol. The van der Waals surface area contributed by atoms with Crippen molar-refractivity contribution in [3.63, 3.8) is 0 Å². The molecule has 0 aromatic heterocycles. The third-order valence-electron chi connectivity index (χ3n) is 2.15. The van der Waals surface area contributed by atoms with Crippen molar-refractivity contribution in [1.29, 1.82) is 0 Å². The molecule has 0 amide bonds. The molecule has 0 aliphatic heterocycles. The Morgan fingerprint density at radius 2 is 2.06 bits per heavy atom. The predicted molar refractivity (Wildman–Crippen MR) is 59.7 cm³/mol. The van der Waals surface area contributed by atoms with Crippen molar-refractivity contribution < 1.29 is 20.1 Å². The summed E-state index contributed by atoms with van der Waals surface area (Å²) in [5, 5.41) is 27.4. The Bertz CT molecular complexity index is 378. The SMILES string of the molecule is O=C(O)C(O)c1cc(O)cc(CCCCl)c1. The molecule has 16 heavy (non-hydrogen) atoms. The minimum absolute atomic E-state index is 0.0534. The van der Waals surface area contributed by atoms with Crippen molar-refractivity contribution in [3.05, 3.63) is 29.3 Å². The van der Waals surface area contributed by atoms with Gasteiger partial charge in [-0.2, -0.15) is 0 Å². The number of carboxylic acid groups (broad SMARTS) is 1. The number of aromatic hydroxyl groups is 1. The fourth-order valence-corrected chi connectivity index (χ4v) is 1.55. The molecule has 5 heteroatoms. The molecule has 4 nitrogen and oxygen atoms in total. The molecule has 0 spiro atoms. The number of hydrogen-bond donors (Lipinski definition) is 3. The molecule has 88 valence electrons. The highest BCUT2D eigenvalue weighted by molar-refractivity contribution is 6.17. The zero-order chi connectivity index (χ0) is 12.1. The van der Waals surface area contributed by atoms with E-state index in [0.717, 1.165) is 12.0 Å². The Labute approximate surface area is 98.1 Å². The summed E-state index contributed by atoms with van der Waals surface area (Å²) < 4.78 is 0.